The normalized spacial score (nSPS) is 15.6. The lowest BCUT2D eigenvalue weighted by molar-refractivity contribution is 0.0950. The minimum absolute atomic E-state index is 0.0771. The van der Waals surface area contributed by atoms with Crippen LogP contribution >= 0.6 is 23.2 Å². The molecule has 0 radical (unpaired) electrons. The molecule has 5 nitrogen and oxygen atoms in total. The molecule has 1 heterocycles. The lowest BCUT2D eigenvalue weighted by atomic mass is 10.1. The summed E-state index contributed by atoms with van der Waals surface area (Å²) in [5.41, 5.74) is 2.64. The van der Waals surface area contributed by atoms with Crippen LogP contribution in [-0.2, 0) is 23.0 Å². The smallest absolute Gasteiger partial charge is 0.264 e. The molecule has 1 aliphatic rings. The molecule has 8 heteroatoms. The highest BCUT2D eigenvalue weighted by Gasteiger charge is 2.36. The van der Waals surface area contributed by atoms with Crippen molar-refractivity contribution in [2.45, 2.75) is 30.8 Å². The molecule has 1 atom stereocenters. The Balaban J connectivity index is 1.57. The Kier molecular flexibility index (Phi) is 5.97. The van der Waals surface area contributed by atoms with Crippen molar-refractivity contribution in [3.8, 4) is 0 Å². The highest BCUT2D eigenvalue weighted by molar-refractivity contribution is 7.92. The molecule has 0 fully saturated rings. The fourth-order valence-corrected chi connectivity index (χ4v) is 5.97. The first-order valence-corrected chi connectivity index (χ1v) is 11.9. The van der Waals surface area contributed by atoms with Crippen molar-refractivity contribution < 1.29 is 13.2 Å². The monoisotopic (exact) mass is 474 g/mol. The van der Waals surface area contributed by atoms with Crippen LogP contribution in [0.15, 0.2) is 71.6 Å². The quantitative estimate of drug-likeness (QED) is 0.561. The number of amides is 1. The van der Waals surface area contributed by atoms with Gasteiger partial charge in [-0.15, -0.1) is 0 Å². The van der Waals surface area contributed by atoms with Crippen molar-refractivity contribution in [2.24, 2.45) is 0 Å². The number of sulfonamides is 1. The van der Waals surface area contributed by atoms with E-state index < -0.39 is 15.9 Å². The number of fused-ring (bicyclic) bond motifs is 1. The van der Waals surface area contributed by atoms with Gasteiger partial charge in [-0.2, -0.15) is 0 Å². The summed E-state index contributed by atoms with van der Waals surface area (Å²) in [5, 5.41) is 3.73. The predicted molar refractivity (Wildman–Crippen MR) is 123 cm³/mol. The predicted octanol–water partition coefficient (Wildman–Crippen LogP) is 5.06. The van der Waals surface area contributed by atoms with E-state index in [4.69, 9.17) is 23.2 Å². The van der Waals surface area contributed by atoms with Gasteiger partial charge in [-0.3, -0.25) is 9.10 Å². The van der Waals surface area contributed by atoms with Crippen LogP contribution in [0.1, 0.15) is 28.4 Å². The summed E-state index contributed by atoms with van der Waals surface area (Å²) in [4.78, 5) is 12.7. The molecule has 1 amide bonds. The minimum atomic E-state index is -3.82. The standard InChI is InChI=1S/C23H20Cl2N2O3S/c1-15-11-16-5-2-3-8-22(16)27(15)31(29,30)20-7-4-6-17(12-20)23(28)26-14-18-9-10-19(24)13-21(18)25/h2-10,12-13,15H,11,14H2,1H3,(H,26,28)/t15-/m0/s1. The number of rotatable bonds is 5. The SMILES string of the molecule is C[C@H]1Cc2ccccc2N1S(=O)(=O)c1cccc(C(=O)NCc2ccc(Cl)cc2Cl)c1. The summed E-state index contributed by atoms with van der Waals surface area (Å²) in [6.07, 6.45) is 0.650. The van der Waals surface area contributed by atoms with Gasteiger partial charge in [0.15, 0.2) is 0 Å². The van der Waals surface area contributed by atoms with Crippen LogP contribution < -0.4 is 9.62 Å². The van der Waals surface area contributed by atoms with E-state index in [1.807, 2.05) is 31.2 Å². The molecule has 0 aromatic heterocycles. The van der Waals surface area contributed by atoms with Crippen LogP contribution in [0, 0.1) is 0 Å². The first kappa shape index (κ1) is 21.7. The van der Waals surface area contributed by atoms with E-state index in [0.29, 0.717) is 27.7 Å². The van der Waals surface area contributed by atoms with Gasteiger partial charge in [-0.05, 0) is 60.9 Å². The van der Waals surface area contributed by atoms with Crippen LogP contribution in [-0.4, -0.2) is 20.4 Å². The molecule has 3 aromatic rings. The van der Waals surface area contributed by atoms with E-state index in [0.717, 1.165) is 5.56 Å². The number of nitrogens with one attached hydrogen (secondary N) is 1. The summed E-state index contributed by atoms with van der Waals surface area (Å²) in [6, 6.07) is 18.4. The molecule has 1 N–H and O–H groups in total. The first-order valence-electron chi connectivity index (χ1n) is 9.72. The minimum Gasteiger partial charge on any atom is -0.348 e. The number of hydrogen-bond donors (Lipinski definition) is 1. The fourth-order valence-electron chi connectivity index (χ4n) is 3.76. The van der Waals surface area contributed by atoms with Crippen molar-refractivity contribution >= 4 is 44.8 Å². The second kappa shape index (κ2) is 8.54. The van der Waals surface area contributed by atoms with E-state index in [2.05, 4.69) is 5.32 Å². The molecule has 31 heavy (non-hydrogen) atoms. The van der Waals surface area contributed by atoms with Gasteiger partial charge in [-0.1, -0.05) is 53.5 Å². The molecule has 3 aromatic carbocycles. The lowest BCUT2D eigenvalue weighted by Gasteiger charge is -2.24. The van der Waals surface area contributed by atoms with E-state index >= 15 is 0 Å². The topological polar surface area (TPSA) is 66.5 Å². The van der Waals surface area contributed by atoms with Crippen molar-refractivity contribution in [3.05, 3.63) is 93.5 Å². The third-order valence-electron chi connectivity index (χ3n) is 5.25. The summed E-state index contributed by atoms with van der Waals surface area (Å²) < 4.78 is 28.2. The van der Waals surface area contributed by atoms with Crippen LogP contribution in [0.4, 0.5) is 5.69 Å². The third kappa shape index (κ3) is 4.28. The van der Waals surface area contributed by atoms with E-state index in [-0.39, 0.29) is 23.0 Å². The Hall–Kier alpha value is -2.54. The Morgan fingerprint density at radius 1 is 1.06 bits per heavy atom. The second-order valence-electron chi connectivity index (χ2n) is 7.43. The largest absolute Gasteiger partial charge is 0.348 e. The molecular weight excluding hydrogens is 455 g/mol. The maximum Gasteiger partial charge on any atom is 0.264 e. The maximum absolute atomic E-state index is 13.4. The molecule has 0 saturated carbocycles. The molecular formula is C23H20Cl2N2O3S. The van der Waals surface area contributed by atoms with Crippen molar-refractivity contribution in [1.82, 2.24) is 5.32 Å². The summed E-state index contributed by atoms with van der Waals surface area (Å²) >= 11 is 12.0. The average molecular weight is 475 g/mol. The van der Waals surface area contributed by atoms with Gasteiger partial charge in [0.25, 0.3) is 15.9 Å². The van der Waals surface area contributed by atoms with E-state index in [9.17, 15) is 13.2 Å². The number of anilines is 1. The van der Waals surface area contributed by atoms with E-state index in [1.165, 1.54) is 16.4 Å². The van der Waals surface area contributed by atoms with Crippen molar-refractivity contribution in [2.75, 3.05) is 4.31 Å². The second-order valence-corrected chi connectivity index (χ2v) is 10.1. The zero-order valence-electron chi connectivity index (χ0n) is 16.7. The molecule has 0 saturated heterocycles. The third-order valence-corrected chi connectivity index (χ3v) is 7.76. The number of halogens is 2. The van der Waals surface area contributed by atoms with Crippen molar-refractivity contribution in [1.29, 1.82) is 0 Å². The summed E-state index contributed by atoms with van der Waals surface area (Å²) in [5.74, 6) is -0.391. The average Bonchev–Trinajstić information content (AvgIpc) is 3.09. The first-order chi connectivity index (χ1) is 14.8. The van der Waals surface area contributed by atoms with Gasteiger partial charge in [0, 0.05) is 28.2 Å². The Morgan fingerprint density at radius 3 is 2.61 bits per heavy atom. The van der Waals surface area contributed by atoms with Gasteiger partial charge < -0.3 is 5.32 Å². The number of benzene rings is 3. The summed E-state index contributed by atoms with van der Waals surface area (Å²) in [7, 11) is -3.82. The zero-order valence-corrected chi connectivity index (χ0v) is 19.0. The highest BCUT2D eigenvalue weighted by Crippen LogP contribution is 2.36. The molecule has 0 aliphatic carbocycles. The summed E-state index contributed by atoms with van der Waals surface area (Å²) in [6.45, 7) is 2.08. The molecule has 0 unspecified atom stereocenters. The Bertz CT molecular complexity index is 1260. The van der Waals surface area contributed by atoms with Crippen LogP contribution in [0.5, 0.6) is 0 Å². The Labute approximate surface area is 191 Å². The van der Waals surface area contributed by atoms with Crippen molar-refractivity contribution in [3.63, 3.8) is 0 Å². The van der Waals surface area contributed by atoms with Gasteiger partial charge >= 0.3 is 0 Å². The van der Waals surface area contributed by atoms with Gasteiger partial charge in [0.2, 0.25) is 0 Å². The van der Waals surface area contributed by atoms with Crippen LogP contribution in [0.25, 0.3) is 0 Å². The van der Waals surface area contributed by atoms with Gasteiger partial charge in [0.1, 0.15) is 0 Å². The van der Waals surface area contributed by atoms with Gasteiger partial charge in [-0.25, -0.2) is 8.42 Å². The fraction of sp³-hybridized carbons (Fsp3) is 0.174. The number of nitrogens with zero attached hydrogens (tertiary/aromatic N) is 1. The number of para-hydroxylation sites is 1. The molecule has 4 rings (SSSR count). The van der Waals surface area contributed by atoms with E-state index in [1.54, 1.807) is 30.3 Å². The highest BCUT2D eigenvalue weighted by atomic mass is 35.5. The zero-order chi connectivity index (χ0) is 22.2. The Morgan fingerprint density at radius 2 is 1.84 bits per heavy atom. The molecule has 1 aliphatic heterocycles. The van der Waals surface area contributed by atoms with Crippen LogP contribution in [0.2, 0.25) is 10.0 Å². The molecule has 0 spiro atoms. The lowest BCUT2D eigenvalue weighted by Crippen LogP contribution is -2.35. The van der Waals surface area contributed by atoms with Crippen LogP contribution in [0.3, 0.4) is 0 Å². The molecule has 0 bridgehead atoms. The van der Waals surface area contributed by atoms with Gasteiger partial charge in [0.05, 0.1) is 10.6 Å². The maximum atomic E-state index is 13.4. The number of hydrogen-bond acceptors (Lipinski definition) is 3. The number of carbonyl (C=O) groups excluding carboxylic acids is 1. The number of carbonyl (C=O) groups is 1. The molecule has 160 valence electrons.